The number of hydrogen-bond donors (Lipinski definition) is 1. The Balaban J connectivity index is 2.06. The van der Waals surface area contributed by atoms with Gasteiger partial charge in [-0.15, -0.1) is 0 Å². The molecule has 0 aromatic heterocycles. The molecule has 2 aliphatic rings. The van der Waals surface area contributed by atoms with Crippen molar-refractivity contribution in [2.45, 2.75) is 38.3 Å². The van der Waals surface area contributed by atoms with Crippen molar-refractivity contribution in [3.8, 4) is 0 Å². The van der Waals surface area contributed by atoms with Crippen LogP contribution in [0.3, 0.4) is 0 Å². The van der Waals surface area contributed by atoms with E-state index in [4.69, 9.17) is 0 Å². The molecular formula is C14H20N2. The number of hydrogen-bond acceptors (Lipinski definition) is 2. The molecule has 2 heterocycles. The van der Waals surface area contributed by atoms with E-state index in [0.29, 0.717) is 12.0 Å². The number of benzene rings is 1. The molecule has 0 radical (unpaired) electrons. The van der Waals surface area contributed by atoms with Gasteiger partial charge in [-0.3, -0.25) is 0 Å². The normalized spacial score (nSPS) is 28.1. The lowest BCUT2D eigenvalue weighted by atomic mass is 9.90. The summed E-state index contributed by atoms with van der Waals surface area (Å²) in [5, 5.41) is 3.53. The number of nitrogens with zero attached hydrogens (tertiary/aromatic N) is 1. The molecule has 1 N–H and O–H groups in total. The van der Waals surface area contributed by atoms with Gasteiger partial charge in [-0.25, -0.2) is 0 Å². The Labute approximate surface area is 97.6 Å². The van der Waals surface area contributed by atoms with E-state index in [9.17, 15) is 0 Å². The summed E-state index contributed by atoms with van der Waals surface area (Å²) in [5.74, 6) is 0.701. The van der Waals surface area contributed by atoms with Gasteiger partial charge in [0.25, 0.3) is 0 Å². The average molecular weight is 216 g/mol. The van der Waals surface area contributed by atoms with Gasteiger partial charge in [0.2, 0.25) is 0 Å². The smallest absolute Gasteiger partial charge is 0.0407 e. The number of para-hydroxylation sites is 1. The lowest BCUT2D eigenvalue weighted by Gasteiger charge is -2.36. The van der Waals surface area contributed by atoms with Crippen molar-refractivity contribution in [1.82, 2.24) is 5.32 Å². The highest BCUT2D eigenvalue weighted by Crippen LogP contribution is 2.43. The minimum absolute atomic E-state index is 0.606. The lowest BCUT2D eigenvalue weighted by Crippen LogP contribution is -2.46. The quantitative estimate of drug-likeness (QED) is 0.775. The molecule has 86 valence electrons. The van der Waals surface area contributed by atoms with E-state index in [-0.39, 0.29) is 0 Å². The Morgan fingerprint density at radius 1 is 1.31 bits per heavy atom. The molecule has 1 aromatic rings. The van der Waals surface area contributed by atoms with Crippen LogP contribution in [-0.2, 0) is 0 Å². The summed E-state index contributed by atoms with van der Waals surface area (Å²) in [6.07, 6.45) is 1.28. The van der Waals surface area contributed by atoms with Crippen LogP contribution < -0.4 is 10.2 Å². The van der Waals surface area contributed by atoms with Crippen LogP contribution in [0, 0.1) is 0 Å². The van der Waals surface area contributed by atoms with Crippen LogP contribution in [0.25, 0.3) is 0 Å². The van der Waals surface area contributed by atoms with E-state index < -0.39 is 0 Å². The summed E-state index contributed by atoms with van der Waals surface area (Å²) >= 11 is 0. The molecule has 0 bridgehead atoms. The molecule has 3 rings (SSSR count). The summed E-state index contributed by atoms with van der Waals surface area (Å²) in [7, 11) is 0. The number of anilines is 1. The highest BCUT2D eigenvalue weighted by molar-refractivity contribution is 5.62. The minimum atomic E-state index is 0.606. The van der Waals surface area contributed by atoms with E-state index in [2.05, 4.69) is 48.3 Å². The third-order valence-electron chi connectivity index (χ3n) is 3.97. The van der Waals surface area contributed by atoms with Gasteiger partial charge >= 0.3 is 0 Å². The molecule has 0 spiro atoms. The fraction of sp³-hybridized carbons (Fsp3) is 0.571. The van der Waals surface area contributed by atoms with Crippen molar-refractivity contribution in [2.75, 3.05) is 18.0 Å². The topological polar surface area (TPSA) is 15.3 Å². The van der Waals surface area contributed by atoms with Gasteiger partial charge in [0.1, 0.15) is 0 Å². The summed E-state index contributed by atoms with van der Waals surface area (Å²) in [4.78, 5) is 2.63. The number of piperidine rings is 1. The van der Waals surface area contributed by atoms with Crippen molar-refractivity contribution in [2.24, 2.45) is 0 Å². The predicted octanol–water partition coefficient (Wildman–Crippen LogP) is 2.36. The molecule has 0 unspecified atom stereocenters. The largest absolute Gasteiger partial charge is 0.365 e. The summed E-state index contributed by atoms with van der Waals surface area (Å²) in [6.45, 7) is 6.92. The molecule has 16 heavy (non-hydrogen) atoms. The van der Waals surface area contributed by atoms with Crippen LogP contribution in [-0.4, -0.2) is 25.2 Å². The first-order chi connectivity index (χ1) is 7.79. The fourth-order valence-corrected chi connectivity index (χ4v) is 3.37. The zero-order valence-electron chi connectivity index (χ0n) is 10.1. The van der Waals surface area contributed by atoms with Gasteiger partial charge in [0, 0.05) is 30.2 Å². The molecule has 2 heteroatoms. The molecule has 0 saturated carbocycles. The van der Waals surface area contributed by atoms with Crippen LogP contribution in [0.15, 0.2) is 24.3 Å². The molecule has 0 aliphatic carbocycles. The molecule has 1 aromatic carbocycles. The minimum Gasteiger partial charge on any atom is -0.365 e. The van der Waals surface area contributed by atoms with Gasteiger partial charge in [0.15, 0.2) is 0 Å². The van der Waals surface area contributed by atoms with E-state index in [1.807, 2.05) is 0 Å². The van der Waals surface area contributed by atoms with Crippen molar-refractivity contribution in [3.05, 3.63) is 29.8 Å². The number of nitrogens with one attached hydrogen (secondary N) is 1. The first-order valence-corrected chi connectivity index (χ1v) is 6.37. The van der Waals surface area contributed by atoms with E-state index in [1.54, 1.807) is 5.56 Å². The van der Waals surface area contributed by atoms with Crippen molar-refractivity contribution in [3.63, 3.8) is 0 Å². The summed E-state index contributed by atoms with van der Waals surface area (Å²) in [5.41, 5.74) is 3.02. The fourth-order valence-electron chi connectivity index (χ4n) is 3.37. The maximum absolute atomic E-state index is 3.53. The van der Waals surface area contributed by atoms with E-state index in [1.165, 1.54) is 18.7 Å². The summed E-state index contributed by atoms with van der Waals surface area (Å²) in [6, 6.07) is 10.3. The van der Waals surface area contributed by atoms with Gasteiger partial charge in [-0.05, 0) is 38.4 Å². The molecule has 1 fully saturated rings. The zero-order chi connectivity index (χ0) is 11.1. The Kier molecular flexibility index (Phi) is 2.40. The highest BCUT2D eigenvalue weighted by atomic mass is 15.2. The van der Waals surface area contributed by atoms with Crippen LogP contribution in [0.2, 0.25) is 0 Å². The molecule has 2 aliphatic heterocycles. The second kappa shape index (κ2) is 3.77. The Morgan fingerprint density at radius 3 is 2.94 bits per heavy atom. The van der Waals surface area contributed by atoms with Crippen LogP contribution in [0.1, 0.15) is 31.7 Å². The number of rotatable bonds is 1. The molecule has 1 saturated heterocycles. The summed E-state index contributed by atoms with van der Waals surface area (Å²) < 4.78 is 0. The predicted molar refractivity (Wildman–Crippen MR) is 68.1 cm³/mol. The number of fused-ring (bicyclic) bond motifs is 3. The van der Waals surface area contributed by atoms with Crippen LogP contribution >= 0.6 is 0 Å². The van der Waals surface area contributed by atoms with Gasteiger partial charge in [0.05, 0.1) is 0 Å². The molecule has 2 atom stereocenters. The lowest BCUT2D eigenvalue weighted by molar-refractivity contribution is 0.390. The van der Waals surface area contributed by atoms with Crippen LogP contribution in [0.4, 0.5) is 5.69 Å². The standard InChI is InChI=1S/C14H20N2/c1-10(2)16-13-6-4-3-5-11(13)12-9-15-8-7-14(12)16/h3-6,10,12,14-15H,7-9H2,1-2H3/t12-,14-/m0/s1. The van der Waals surface area contributed by atoms with E-state index in [0.717, 1.165) is 12.6 Å². The third-order valence-corrected chi connectivity index (χ3v) is 3.97. The van der Waals surface area contributed by atoms with Crippen molar-refractivity contribution in [1.29, 1.82) is 0 Å². The van der Waals surface area contributed by atoms with Crippen LogP contribution in [0.5, 0.6) is 0 Å². The van der Waals surface area contributed by atoms with Gasteiger partial charge in [-0.1, -0.05) is 18.2 Å². The molecule has 0 amide bonds. The van der Waals surface area contributed by atoms with Crippen molar-refractivity contribution >= 4 is 5.69 Å². The van der Waals surface area contributed by atoms with Crippen molar-refractivity contribution < 1.29 is 0 Å². The van der Waals surface area contributed by atoms with Gasteiger partial charge in [-0.2, -0.15) is 0 Å². The van der Waals surface area contributed by atoms with E-state index >= 15 is 0 Å². The maximum atomic E-state index is 3.53. The highest BCUT2D eigenvalue weighted by Gasteiger charge is 2.40. The Bertz CT molecular complexity index is 386. The SMILES string of the molecule is CC(C)N1c2ccccc2[C@@H]2CNCC[C@@H]21. The molecular weight excluding hydrogens is 196 g/mol. The Morgan fingerprint density at radius 2 is 2.12 bits per heavy atom. The maximum Gasteiger partial charge on any atom is 0.0407 e. The third kappa shape index (κ3) is 1.36. The monoisotopic (exact) mass is 216 g/mol. The first-order valence-electron chi connectivity index (χ1n) is 6.37. The zero-order valence-corrected chi connectivity index (χ0v) is 10.1. The second-order valence-electron chi connectivity index (χ2n) is 5.23. The average Bonchev–Trinajstić information content (AvgIpc) is 2.63. The second-order valence-corrected chi connectivity index (χ2v) is 5.23. The first kappa shape index (κ1) is 10.2. The molecule has 2 nitrogen and oxygen atoms in total. The Hall–Kier alpha value is -1.02. The van der Waals surface area contributed by atoms with Gasteiger partial charge < -0.3 is 10.2 Å².